The molecule has 19 nitrogen and oxygen atoms in total. The third-order valence-corrected chi connectivity index (χ3v) is 8.73. The maximum absolute atomic E-state index is 12.9. The molecule has 0 saturated heterocycles. The maximum Gasteiger partial charge on any atom is 0.296 e. The molecule has 3 aromatic rings. The normalized spacial score (nSPS) is 12.4. The van der Waals surface area contributed by atoms with Gasteiger partial charge in [-0.15, -0.1) is 0 Å². The summed E-state index contributed by atoms with van der Waals surface area (Å²) in [6.07, 6.45) is 0. The molecule has 0 saturated carbocycles. The standard InChI is InChI=1S/C20H15N3O16S4/c24-19(21-15-8-13(40(28,29)30)1-3-17(15)42(34,35)36)10-5-11(7-12(6-10)23(26)27)20(25)22-16-9-14(41(31,32)33)2-4-18(16)43(37,38)39/h1-9H,(H,21,24)(H,22,25)(H,28,29,30)(H,31,32,33)(H,34,35,36)(H,37,38,39). The van der Waals surface area contributed by atoms with Gasteiger partial charge in [0, 0.05) is 23.3 Å². The van der Waals surface area contributed by atoms with Crippen molar-refractivity contribution in [3.05, 3.63) is 75.8 Å². The Labute approximate surface area is 241 Å². The van der Waals surface area contributed by atoms with Crippen molar-refractivity contribution in [2.45, 2.75) is 19.6 Å². The Hall–Kier alpha value is -4.36. The highest BCUT2D eigenvalue weighted by atomic mass is 32.2. The Morgan fingerprint density at radius 3 is 1.21 bits per heavy atom. The molecule has 2 amide bonds. The van der Waals surface area contributed by atoms with Gasteiger partial charge < -0.3 is 10.6 Å². The van der Waals surface area contributed by atoms with Gasteiger partial charge >= 0.3 is 0 Å². The van der Waals surface area contributed by atoms with Gasteiger partial charge in [0.25, 0.3) is 58.0 Å². The van der Waals surface area contributed by atoms with Crippen molar-refractivity contribution in [3.63, 3.8) is 0 Å². The Balaban J connectivity index is 2.12. The van der Waals surface area contributed by atoms with Crippen molar-refractivity contribution in [1.82, 2.24) is 0 Å². The number of hydrogen-bond donors (Lipinski definition) is 6. The Bertz CT molecular complexity index is 2000. The van der Waals surface area contributed by atoms with Crippen molar-refractivity contribution in [3.8, 4) is 0 Å². The molecule has 230 valence electrons. The summed E-state index contributed by atoms with van der Waals surface area (Å²) in [7, 11) is -20.2. The van der Waals surface area contributed by atoms with Gasteiger partial charge in [-0.05, 0) is 42.5 Å². The maximum atomic E-state index is 12.9. The van der Waals surface area contributed by atoms with Gasteiger partial charge in [-0.2, -0.15) is 33.7 Å². The van der Waals surface area contributed by atoms with Crippen LogP contribution in [0, 0.1) is 10.1 Å². The first-order valence-electron chi connectivity index (χ1n) is 10.6. The average Bonchev–Trinajstić information content (AvgIpc) is 2.85. The third kappa shape index (κ3) is 7.93. The van der Waals surface area contributed by atoms with Crippen LogP contribution in [0.5, 0.6) is 0 Å². The summed E-state index contributed by atoms with van der Waals surface area (Å²) >= 11 is 0. The van der Waals surface area contributed by atoms with Crippen LogP contribution < -0.4 is 10.6 Å². The van der Waals surface area contributed by atoms with Crippen LogP contribution in [0.1, 0.15) is 20.7 Å². The molecule has 0 radical (unpaired) electrons. The first-order valence-corrected chi connectivity index (χ1v) is 16.3. The molecule has 23 heteroatoms. The number of benzene rings is 3. The second kappa shape index (κ2) is 11.4. The van der Waals surface area contributed by atoms with E-state index < -0.39 is 105 Å². The lowest BCUT2D eigenvalue weighted by Crippen LogP contribution is -2.19. The molecule has 0 unspecified atom stereocenters. The second-order valence-corrected chi connectivity index (χ2v) is 13.8. The van der Waals surface area contributed by atoms with E-state index in [9.17, 15) is 71.6 Å². The summed E-state index contributed by atoms with van der Waals surface area (Å²) in [6.45, 7) is 0. The largest absolute Gasteiger partial charge is 0.321 e. The summed E-state index contributed by atoms with van der Waals surface area (Å²) < 4.78 is 130. The zero-order valence-corrected chi connectivity index (χ0v) is 23.7. The molecule has 3 rings (SSSR count). The highest BCUT2D eigenvalue weighted by Crippen LogP contribution is 2.28. The first-order chi connectivity index (χ1) is 19.5. The van der Waals surface area contributed by atoms with E-state index in [2.05, 4.69) is 0 Å². The van der Waals surface area contributed by atoms with Crippen LogP contribution in [0.4, 0.5) is 17.1 Å². The Morgan fingerprint density at radius 2 is 0.930 bits per heavy atom. The van der Waals surface area contributed by atoms with E-state index in [1.807, 2.05) is 10.6 Å². The number of non-ortho nitro benzene ring substituents is 1. The SMILES string of the molecule is O=C(Nc1cc(S(=O)(=O)O)ccc1S(=O)(=O)O)c1cc(C(=O)Nc2cc(S(=O)(=O)O)ccc2S(=O)(=O)O)cc([N+](=O)[O-])c1. The highest BCUT2D eigenvalue weighted by molar-refractivity contribution is 7.87. The average molecular weight is 682 g/mol. The van der Waals surface area contributed by atoms with Crippen molar-refractivity contribution in [2.24, 2.45) is 0 Å². The van der Waals surface area contributed by atoms with Gasteiger partial charge in [0.05, 0.1) is 26.1 Å². The molecule has 0 aromatic heterocycles. The Kier molecular flexibility index (Phi) is 8.77. The zero-order chi connectivity index (χ0) is 32.7. The second-order valence-electron chi connectivity index (χ2n) is 8.15. The van der Waals surface area contributed by atoms with Gasteiger partial charge in [0.1, 0.15) is 9.79 Å². The molecule has 43 heavy (non-hydrogen) atoms. The minimum absolute atomic E-state index is 0.431. The van der Waals surface area contributed by atoms with Crippen LogP contribution in [0.25, 0.3) is 0 Å². The molecule has 0 fully saturated rings. The van der Waals surface area contributed by atoms with Gasteiger partial charge in [-0.25, -0.2) is 0 Å². The predicted molar refractivity (Wildman–Crippen MR) is 141 cm³/mol. The van der Waals surface area contributed by atoms with Crippen LogP contribution >= 0.6 is 0 Å². The molecule has 6 N–H and O–H groups in total. The van der Waals surface area contributed by atoms with E-state index >= 15 is 0 Å². The van der Waals surface area contributed by atoms with Crippen LogP contribution in [0.2, 0.25) is 0 Å². The van der Waals surface area contributed by atoms with Crippen LogP contribution in [-0.2, 0) is 40.5 Å². The summed E-state index contributed by atoms with van der Waals surface area (Å²) in [4.78, 5) is 32.3. The number of nitro benzene ring substituents is 1. The Morgan fingerprint density at radius 1 is 0.581 bits per heavy atom. The number of nitrogens with one attached hydrogen (secondary N) is 2. The number of hydrogen-bond acceptors (Lipinski definition) is 12. The number of anilines is 2. The molecule has 0 aliphatic heterocycles. The molecule has 0 atom stereocenters. The first kappa shape index (κ1) is 33.1. The van der Waals surface area contributed by atoms with Crippen molar-refractivity contribution in [2.75, 3.05) is 10.6 Å². The van der Waals surface area contributed by atoms with Gasteiger partial charge in [-0.1, -0.05) is 0 Å². The molecule has 3 aromatic carbocycles. The fourth-order valence-corrected chi connectivity index (χ4v) is 5.62. The molecule has 0 spiro atoms. The number of amides is 2. The van der Waals surface area contributed by atoms with Crippen molar-refractivity contribution < 1.29 is 66.4 Å². The molecule has 0 bridgehead atoms. The molecular formula is C20H15N3O16S4. The lowest BCUT2D eigenvalue weighted by molar-refractivity contribution is -0.384. The lowest BCUT2D eigenvalue weighted by Gasteiger charge is -2.13. The van der Waals surface area contributed by atoms with Gasteiger partial charge in [0.15, 0.2) is 0 Å². The van der Waals surface area contributed by atoms with Gasteiger partial charge in [0.2, 0.25) is 0 Å². The fourth-order valence-electron chi connectivity index (χ4n) is 3.35. The number of rotatable bonds is 9. The van der Waals surface area contributed by atoms with E-state index in [0.29, 0.717) is 54.6 Å². The molecular weight excluding hydrogens is 666 g/mol. The number of carbonyl (C=O) groups excluding carboxylic acids is 2. The van der Waals surface area contributed by atoms with E-state index in [0.717, 1.165) is 0 Å². The van der Waals surface area contributed by atoms with Crippen LogP contribution in [0.15, 0.2) is 74.2 Å². The lowest BCUT2D eigenvalue weighted by atomic mass is 10.1. The summed E-state index contributed by atoms with van der Waals surface area (Å²) in [5.74, 6) is -2.86. The van der Waals surface area contributed by atoms with E-state index in [4.69, 9.17) is 0 Å². The van der Waals surface area contributed by atoms with Crippen LogP contribution in [-0.4, -0.2) is 68.6 Å². The highest BCUT2D eigenvalue weighted by Gasteiger charge is 2.25. The fraction of sp³-hybridized carbons (Fsp3) is 0. The van der Waals surface area contributed by atoms with E-state index in [1.54, 1.807) is 0 Å². The smallest absolute Gasteiger partial charge is 0.296 e. The predicted octanol–water partition coefficient (Wildman–Crippen LogP) is 1.09. The third-order valence-electron chi connectivity index (χ3n) is 5.20. The summed E-state index contributed by atoms with van der Waals surface area (Å²) in [5.41, 5.74) is -4.31. The molecule has 0 aliphatic rings. The minimum atomic E-state index is -5.13. The zero-order valence-electron chi connectivity index (χ0n) is 20.5. The van der Waals surface area contributed by atoms with Crippen LogP contribution in [0.3, 0.4) is 0 Å². The van der Waals surface area contributed by atoms with Crippen molar-refractivity contribution >= 4 is 69.3 Å². The van der Waals surface area contributed by atoms with Crippen molar-refractivity contribution in [1.29, 1.82) is 0 Å². The van der Waals surface area contributed by atoms with E-state index in [-0.39, 0.29) is 0 Å². The summed E-state index contributed by atoms with van der Waals surface area (Å²) in [6, 6.07) is 4.83. The molecule has 0 heterocycles. The quantitative estimate of drug-likeness (QED) is 0.104. The number of nitro groups is 1. The van der Waals surface area contributed by atoms with Gasteiger partial charge in [-0.3, -0.25) is 37.9 Å². The molecule has 0 aliphatic carbocycles. The number of nitrogens with zero attached hydrogens (tertiary/aromatic N) is 1. The topological polar surface area (TPSA) is 319 Å². The number of carbonyl (C=O) groups is 2. The van der Waals surface area contributed by atoms with E-state index in [1.165, 1.54) is 0 Å². The summed E-state index contributed by atoms with van der Waals surface area (Å²) in [5, 5.41) is 15.2. The monoisotopic (exact) mass is 681 g/mol. The minimum Gasteiger partial charge on any atom is -0.321 e.